The van der Waals surface area contributed by atoms with Crippen molar-refractivity contribution >= 4 is 50.7 Å². The molecule has 0 aromatic heterocycles. The third-order valence-corrected chi connectivity index (χ3v) is 10.1. The Hall–Kier alpha value is -4.02. The number of rotatable bonds is 4. The second kappa shape index (κ2) is 10.9. The smallest absolute Gasteiger partial charge is 0.238 e. The van der Waals surface area contributed by atoms with Gasteiger partial charge in [-0.25, -0.2) is 0 Å². The van der Waals surface area contributed by atoms with Gasteiger partial charge in [0, 0.05) is 51.5 Å². The number of carbonyl (C=O) groups excluding carboxylic acids is 4. The summed E-state index contributed by atoms with van der Waals surface area (Å²) >= 11 is 3.49. The molecule has 0 radical (unpaired) electrons. The fourth-order valence-electron chi connectivity index (χ4n) is 7.60. The van der Waals surface area contributed by atoms with Crippen molar-refractivity contribution in [1.82, 2.24) is 0 Å². The van der Waals surface area contributed by atoms with E-state index < -0.39 is 23.7 Å². The quantitative estimate of drug-likeness (QED) is 0.287. The van der Waals surface area contributed by atoms with Crippen molar-refractivity contribution in [2.75, 3.05) is 43.2 Å². The number of phenolic OH excluding ortho intramolecular Hbond substituents is 1. The maximum absolute atomic E-state index is 14.2. The van der Waals surface area contributed by atoms with Gasteiger partial charge in [-0.3, -0.25) is 24.1 Å². The summed E-state index contributed by atoms with van der Waals surface area (Å²) in [7, 11) is 1.44. The normalized spacial score (nSPS) is 26.7. The number of methoxy groups -OCH3 is 1. The number of hydrogen-bond acceptors (Lipinski definition) is 8. The Morgan fingerprint density at radius 3 is 2.39 bits per heavy atom. The maximum atomic E-state index is 14.2. The van der Waals surface area contributed by atoms with Crippen LogP contribution < -0.4 is 14.5 Å². The highest BCUT2D eigenvalue weighted by atomic mass is 79.9. The Labute approximate surface area is 262 Å². The van der Waals surface area contributed by atoms with E-state index in [1.54, 1.807) is 31.2 Å². The van der Waals surface area contributed by atoms with E-state index in [0.717, 1.165) is 24.4 Å². The molecule has 2 saturated heterocycles. The van der Waals surface area contributed by atoms with Crippen molar-refractivity contribution in [3.63, 3.8) is 0 Å². The van der Waals surface area contributed by atoms with Gasteiger partial charge in [0.05, 0.1) is 37.8 Å². The number of benzene rings is 2. The van der Waals surface area contributed by atoms with Crippen LogP contribution in [0.5, 0.6) is 11.5 Å². The summed E-state index contributed by atoms with van der Waals surface area (Å²) in [5, 5.41) is 11.3. The van der Waals surface area contributed by atoms with Gasteiger partial charge >= 0.3 is 0 Å². The van der Waals surface area contributed by atoms with Crippen LogP contribution >= 0.6 is 15.9 Å². The van der Waals surface area contributed by atoms with E-state index in [1.165, 1.54) is 18.1 Å². The van der Waals surface area contributed by atoms with Gasteiger partial charge in [0.1, 0.15) is 0 Å². The number of aromatic hydroxyl groups is 1. The molecular weight excluding hydrogens is 628 g/mol. The number of Topliss-reactive ketones (excluding diaryl/α,β-unsaturated/α-hetero) is 1. The van der Waals surface area contributed by atoms with Crippen LogP contribution in [-0.4, -0.2) is 61.9 Å². The second-order valence-electron chi connectivity index (χ2n) is 11.9. The maximum Gasteiger partial charge on any atom is 0.238 e. The lowest BCUT2D eigenvalue weighted by molar-refractivity contribution is -0.123. The van der Waals surface area contributed by atoms with Crippen molar-refractivity contribution in [1.29, 1.82) is 0 Å². The molecule has 226 valence electrons. The molecule has 2 fully saturated rings. The fraction of sp³-hybridized carbons (Fsp3) is 0.353. The highest BCUT2D eigenvalue weighted by molar-refractivity contribution is 9.10. The number of halogens is 1. The van der Waals surface area contributed by atoms with Gasteiger partial charge in [-0.15, -0.1) is 0 Å². The Kier molecular flexibility index (Phi) is 7.09. The number of fused-ring (bicyclic) bond motifs is 3. The third-order valence-electron chi connectivity index (χ3n) is 9.65. The predicted molar refractivity (Wildman–Crippen MR) is 166 cm³/mol. The average molecular weight is 660 g/mol. The minimum absolute atomic E-state index is 0.140. The molecule has 7 rings (SSSR count). The van der Waals surface area contributed by atoms with Crippen LogP contribution in [0, 0.1) is 17.8 Å². The molecule has 3 aliphatic carbocycles. The molecule has 5 aliphatic rings. The number of imide groups is 1. The minimum Gasteiger partial charge on any atom is -0.504 e. The van der Waals surface area contributed by atoms with Gasteiger partial charge in [-0.2, -0.15) is 0 Å². The van der Waals surface area contributed by atoms with Gasteiger partial charge in [-0.1, -0.05) is 27.6 Å². The van der Waals surface area contributed by atoms with Gasteiger partial charge in [0.15, 0.2) is 23.1 Å². The number of morpholine rings is 1. The number of anilines is 2. The van der Waals surface area contributed by atoms with Crippen LogP contribution in [-0.2, 0) is 23.9 Å². The Morgan fingerprint density at radius 2 is 1.68 bits per heavy atom. The SMILES string of the molecule is COc1cc(Br)cc(C2C3=CCC4C(=O)N(c5ccc(N6CCOCC6)cc5)C(=O)C4C3CC3=C2C(=O)C=C(C)C3=O)c1O. The highest BCUT2D eigenvalue weighted by Crippen LogP contribution is 2.57. The number of phenols is 1. The molecule has 9 nitrogen and oxygen atoms in total. The van der Waals surface area contributed by atoms with Gasteiger partial charge in [0.2, 0.25) is 11.8 Å². The van der Waals surface area contributed by atoms with Crippen LogP contribution in [0.3, 0.4) is 0 Å². The minimum atomic E-state index is -0.776. The lowest BCUT2D eigenvalue weighted by atomic mass is 9.59. The van der Waals surface area contributed by atoms with Crippen molar-refractivity contribution < 1.29 is 33.8 Å². The standard InChI is InChI=1S/C34H31BrN2O7/c1-17-13-26(38)30-25(31(17)39)16-23-21(28(30)24-14-18(35)15-27(43-2)32(24)40)7-8-22-29(23)34(42)37(33(22)41)20-5-3-19(4-6-20)36-9-11-44-12-10-36/h3-7,13-15,22-23,28-29,40H,8-12,16H2,1-2H3. The topological polar surface area (TPSA) is 113 Å². The van der Waals surface area contributed by atoms with E-state index in [4.69, 9.17) is 9.47 Å². The largest absolute Gasteiger partial charge is 0.504 e. The molecular formula is C34H31BrN2O7. The molecule has 2 amide bonds. The second-order valence-corrected chi connectivity index (χ2v) is 12.8. The first-order chi connectivity index (χ1) is 21.2. The van der Waals surface area contributed by atoms with E-state index in [2.05, 4.69) is 20.8 Å². The molecule has 1 N–H and O–H groups in total. The Morgan fingerprint density at radius 1 is 0.977 bits per heavy atom. The molecule has 2 aromatic carbocycles. The number of amides is 2. The summed E-state index contributed by atoms with van der Waals surface area (Å²) in [4.78, 5) is 58.6. The zero-order valence-electron chi connectivity index (χ0n) is 24.3. The molecule has 4 unspecified atom stereocenters. The average Bonchev–Trinajstić information content (AvgIpc) is 3.29. The molecule has 2 aromatic rings. The van der Waals surface area contributed by atoms with Gasteiger partial charge in [0.25, 0.3) is 0 Å². The number of hydrogen-bond donors (Lipinski definition) is 1. The summed E-state index contributed by atoms with van der Waals surface area (Å²) in [6.45, 7) is 4.46. The van der Waals surface area contributed by atoms with Gasteiger partial charge in [-0.05, 0) is 68.2 Å². The lowest BCUT2D eigenvalue weighted by Gasteiger charge is -2.42. The Bertz CT molecular complexity index is 1720. The van der Waals surface area contributed by atoms with Gasteiger partial charge < -0.3 is 19.5 Å². The lowest BCUT2D eigenvalue weighted by Crippen LogP contribution is -2.39. The molecule has 0 saturated carbocycles. The summed E-state index contributed by atoms with van der Waals surface area (Å²) in [5.41, 5.74) is 3.66. The monoisotopic (exact) mass is 658 g/mol. The summed E-state index contributed by atoms with van der Waals surface area (Å²) < 4.78 is 11.5. The van der Waals surface area contributed by atoms with Crippen molar-refractivity contribution in [3.05, 3.63) is 80.9 Å². The van der Waals surface area contributed by atoms with Crippen molar-refractivity contribution in [2.24, 2.45) is 17.8 Å². The zero-order valence-corrected chi connectivity index (χ0v) is 25.9. The zero-order chi connectivity index (χ0) is 30.9. The third kappa shape index (κ3) is 4.37. The van der Waals surface area contributed by atoms with Crippen LogP contribution in [0.25, 0.3) is 0 Å². The number of carbonyl (C=O) groups is 4. The molecule has 2 aliphatic heterocycles. The molecule has 0 spiro atoms. The molecule has 2 heterocycles. The summed E-state index contributed by atoms with van der Waals surface area (Å²) in [6.07, 6.45) is 3.76. The molecule has 0 bridgehead atoms. The van der Waals surface area contributed by atoms with E-state index in [-0.39, 0.29) is 41.3 Å². The molecule has 10 heteroatoms. The first kappa shape index (κ1) is 28.7. The number of nitrogens with zero attached hydrogens (tertiary/aromatic N) is 2. The number of ketones is 2. The summed E-state index contributed by atoms with van der Waals surface area (Å²) in [6, 6.07) is 10.8. The highest BCUT2D eigenvalue weighted by Gasteiger charge is 2.57. The van der Waals surface area contributed by atoms with Crippen LogP contribution in [0.15, 0.2) is 75.3 Å². The van der Waals surface area contributed by atoms with E-state index in [1.807, 2.05) is 18.2 Å². The van der Waals surface area contributed by atoms with Crippen molar-refractivity contribution in [2.45, 2.75) is 25.7 Å². The number of ether oxygens (including phenoxy) is 2. The van der Waals surface area contributed by atoms with Crippen LogP contribution in [0.4, 0.5) is 11.4 Å². The fourth-order valence-corrected chi connectivity index (χ4v) is 8.05. The molecule has 44 heavy (non-hydrogen) atoms. The van der Waals surface area contributed by atoms with Crippen LogP contribution in [0.1, 0.15) is 31.2 Å². The summed E-state index contributed by atoms with van der Waals surface area (Å²) in [5.74, 6) is -3.61. The van der Waals surface area contributed by atoms with Crippen molar-refractivity contribution in [3.8, 4) is 11.5 Å². The van der Waals surface area contributed by atoms with E-state index >= 15 is 0 Å². The first-order valence-electron chi connectivity index (χ1n) is 14.8. The Balaban J connectivity index is 1.29. The first-order valence-corrected chi connectivity index (χ1v) is 15.6. The van der Waals surface area contributed by atoms with E-state index in [9.17, 15) is 24.3 Å². The predicted octanol–water partition coefficient (Wildman–Crippen LogP) is 4.63. The number of allylic oxidation sites excluding steroid dienone is 6. The van der Waals surface area contributed by atoms with Crippen LogP contribution in [0.2, 0.25) is 0 Å². The molecule has 4 atom stereocenters. The van der Waals surface area contributed by atoms with E-state index in [0.29, 0.717) is 52.1 Å².